The van der Waals surface area contributed by atoms with E-state index in [0.29, 0.717) is 18.1 Å². The van der Waals surface area contributed by atoms with Crippen LogP contribution in [-0.4, -0.2) is 11.2 Å². The first-order valence-electron chi connectivity index (χ1n) is 12.4. The van der Waals surface area contributed by atoms with Crippen LogP contribution in [0.5, 0.6) is 0 Å². The second kappa shape index (κ2) is 18.0. The zero-order valence-corrected chi connectivity index (χ0v) is 19.0. The predicted octanol–water partition coefficient (Wildman–Crippen LogP) is 9.00. The summed E-state index contributed by atoms with van der Waals surface area (Å²) in [6.07, 6.45) is 26.7. The number of carbonyl (C=O) groups is 1. The molecule has 1 nitrogen and oxygen atoms in total. The maximum atomic E-state index is 12.2. The fraction of sp³-hybridized carbons (Fsp3) is 0.960. The fourth-order valence-corrected chi connectivity index (χ4v) is 4.92. The van der Waals surface area contributed by atoms with Gasteiger partial charge >= 0.3 is 0 Å². The molecule has 160 valence electrons. The summed E-state index contributed by atoms with van der Waals surface area (Å²) in [5.41, 5.74) is 0. The fourth-order valence-electron chi connectivity index (χ4n) is 4.50. The van der Waals surface area contributed by atoms with Crippen LogP contribution in [0.25, 0.3) is 0 Å². The van der Waals surface area contributed by atoms with Gasteiger partial charge in [-0.25, -0.2) is 0 Å². The summed E-state index contributed by atoms with van der Waals surface area (Å²) in [6, 6.07) is 0. The van der Waals surface area contributed by atoms with Gasteiger partial charge in [-0.05, 0) is 25.2 Å². The van der Waals surface area contributed by atoms with E-state index in [1.807, 2.05) is 0 Å². The number of carbonyl (C=O) groups excluding carboxylic acids is 1. The molecule has 1 fully saturated rings. The van der Waals surface area contributed by atoms with E-state index in [0.717, 1.165) is 12.8 Å². The van der Waals surface area contributed by atoms with Crippen molar-refractivity contribution in [1.29, 1.82) is 0 Å². The quantitative estimate of drug-likeness (QED) is 0.187. The number of alkyl halides is 1. The molecule has 1 aliphatic rings. The maximum Gasteiger partial charge on any atom is 0.134 e. The molecule has 1 atom stereocenters. The average molecular weight is 399 g/mol. The Kier molecular flexibility index (Phi) is 16.7. The molecular formula is C25H47ClO. The van der Waals surface area contributed by atoms with Crippen LogP contribution < -0.4 is 0 Å². The lowest BCUT2D eigenvalue weighted by molar-refractivity contribution is -0.119. The molecule has 1 saturated carbocycles. The first-order valence-corrected chi connectivity index (χ1v) is 12.8. The Balaban J connectivity index is 1.91. The maximum absolute atomic E-state index is 12.2. The molecule has 1 unspecified atom stereocenters. The second-order valence-electron chi connectivity index (χ2n) is 9.00. The molecule has 27 heavy (non-hydrogen) atoms. The van der Waals surface area contributed by atoms with Gasteiger partial charge in [0.25, 0.3) is 0 Å². The predicted molar refractivity (Wildman–Crippen MR) is 121 cm³/mol. The minimum atomic E-state index is 0.0907. The van der Waals surface area contributed by atoms with Crippen molar-refractivity contribution < 1.29 is 4.79 Å². The lowest BCUT2D eigenvalue weighted by atomic mass is 9.86. The summed E-state index contributed by atoms with van der Waals surface area (Å²) >= 11 is 6.61. The molecule has 2 heteroatoms. The van der Waals surface area contributed by atoms with Crippen LogP contribution in [0.4, 0.5) is 0 Å². The first kappa shape index (κ1) is 25.0. The average Bonchev–Trinajstić information content (AvgIpc) is 2.62. The third kappa shape index (κ3) is 14.6. The van der Waals surface area contributed by atoms with Gasteiger partial charge in [0.1, 0.15) is 5.78 Å². The minimum absolute atomic E-state index is 0.0907. The van der Waals surface area contributed by atoms with Gasteiger partial charge in [0.05, 0.1) is 0 Å². The van der Waals surface area contributed by atoms with Gasteiger partial charge < -0.3 is 0 Å². The van der Waals surface area contributed by atoms with Gasteiger partial charge in [-0.1, -0.05) is 110 Å². The van der Waals surface area contributed by atoms with E-state index in [-0.39, 0.29) is 5.38 Å². The molecule has 0 aromatic heterocycles. The number of Topliss-reactive ketones (excluding diaryl/α,β-unsaturated/α-hetero) is 1. The molecule has 0 bridgehead atoms. The highest BCUT2D eigenvalue weighted by Crippen LogP contribution is 2.29. The van der Waals surface area contributed by atoms with Gasteiger partial charge in [0.2, 0.25) is 0 Å². The third-order valence-electron chi connectivity index (χ3n) is 6.39. The Labute approximate surface area is 175 Å². The van der Waals surface area contributed by atoms with Crippen LogP contribution in [0.2, 0.25) is 0 Å². The zero-order valence-electron chi connectivity index (χ0n) is 18.3. The molecule has 0 N–H and O–H groups in total. The highest BCUT2D eigenvalue weighted by molar-refractivity contribution is 6.22. The summed E-state index contributed by atoms with van der Waals surface area (Å²) in [4.78, 5) is 12.2. The smallest absolute Gasteiger partial charge is 0.134 e. The summed E-state index contributed by atoms with van der Waals surface area (Å²) in [6.45, 7) is 2.28. The van der Waals surface area contributed by atoms with Crippen LogP contribution in [0.15, 0.2) is 0 Å². The summed E-state index contributed by atoms with van der Waals surface area (Å²) in [7, 11) is 0. The molecule has 0 saturated heterocycles. The number of rotatable bonds is 16. The lowest BCUT2D eigenvalue weighted by Gasteiger charge is -2.23. The summed E-state index contributed by atoms with van der Waals surface area (Å²) in [5, 5.41) is 0.0907. The minimum Gasteiger partial charge on any atom is -0.300 e. The molecule has 0 amide bonds. The molecule has 1 rings (SSSR count). The highest BCUT2D eigenvalue weighted by atomic mass is 35.5. The Morgan fingerprint density at radius 3 is 1.70 bits per heavy atom. The number of hydrogen-bond donors (Lipinski definition) is 0. The largest absolute Gasteiger partial charge is 0.300 e. The van der Waals surface area contributed by atoms with E-state index >= 15 is 0 Å². The van der Waals surface area contributed by atoms with Crippen molar-refractivity contribution in [2.24, 2.45) is 5.92 Å². The number of unbranched alkanes of at least 4 members (excludes halogenated alkanes) is 11. The molecular weight excluding hydrogens is 352 g/mol. The molecule has 0 spiro atoms. The van der Waals surface area contributed by atoms with E-state index < -0.39 is 0 Å². The van der Waals surface area contributed by atoms with Crippen LogP contribution >= 0.6 is 11.6 Å². The van der Waals surface area contributed by atoms with E-state index in [9.17, 15) is 4.79 Å². The van der Waals surface area contributed by atoms with E-state index in [1.54, 1.807) is 0 Å². The van der Waals surface area contributed by atoms with Crippen molar-refractivity contribution in [3.8, 4) is 0 Å². The summed E-state index contributed by atoms with van der Waals surface area (Å²) in [5.74, 6) is 0.988. The van der Waals surface area contributed by atoms with Gasteiger partial charge in [0.15, 0.2) is 0 Å². The van der Waals surface area contributed by atoms with Gasteiger partial charge in [0, 0.05) is 18.2 Å². The number of halogens is 1. The molecule has 0 heterocycles. The van der Waals surface area contributed by atoms with Crippen molar-refractivity contribution in [3.63, 3.8) is 0 Å². The van der Waals surface area contributed by atoms with Crippen LogP contribution in [-0.2, 0) is 4.79 Å². The van der Waals surface area contributed by atoms with E-state index in [4.69, 9.17) is 11.6 Å². The van der Waals surface area contributed by atoms with Crippen molar-refractivity contribution in [3.05, 3.63) is 0 Å². The number of hydrogen-bond acceptors (Lipinski definition) is 1. The molecule has 0 aromatic carbocycles. The van der Waals surface area contributed by atoms with E-state index in [1.165, 1.54) is 116 Å². The Bertz CT molecular complexity index is 333. The van der Waals surface area contributed by atoms with Crippen molar-refractivity contribution in [2.75, 3.05) is 0 Å². The van der Waals surface area contributed by atoms with Crippen LogP contribution in [0, 0.1) is 5.92 Å². The molecule has 1 aliphatic carbocycles. The first-order chi connectivity index (χ1) is 13.2. The van der Waals surface area contributed by atoms with Crippen molar-refractivity contribution >= 4 is 17.4 Å². The standard InChI is InChI=1S/C25H47ClO/c1-2-3-4-5-6-7-8-9-10-11-15-18-21-24(27)22-25(26)23-19-16-13-12-14-17-20-23/h23,25H,2-22H2,1H3. The highest BCUT2D eigenvalue weighted by Gasteiger charge is 2.22. The Morgan fingerprint density at radius 2 is 1.19 bits per heavy atom. The normalized spacial score (nSPS) is 17.4. The second-order valence-corrected chi connectivity index (χ2v) is 9.56. The Morgan fingerprint density at radius 1 is 0.741 bits per heavy atom. The van der Waals surface area contributed by atoms with Gasteiger partial charge in [-0.15, -0.1) is 11.6 Å². The van der Waals surface area contributed by atoms with Crippen molar-refractivity contribution in [2.45, 2.75) is 147 Å². The topological polar surface area (TPSA) is 17.1 Å². The number of ketones is 1. The van der Waals surface area contributed by atoms with E-state index in [2.05, 4.69) is 6.92 Å². The van der Waals surface area contributed by atoms with Crippen molar-refractivity contribution in [1.82, 2.24) is 0 Å². The Hall–Kier alpha value is -0.0400. The van der Waals surface area contributed by atoms with Gasteiger partial charge in [-0.2, -0.15) is 0 Å². The third-order valence-corrected chi connectivity index (χ3v) is 6.90. The molecule has 0 radical (unpaired) electrons. The van der Waals surface area contributed by atoms with Crippen LogP contribution in [0.1, 0.15) is 142 Å². The molecule has 0 aliphatic heterocycles. The summed E-state index contributed by atoms with van der Waals surface area (Å²) < 4.78 is 0. The van der Waals surface area contributed by atoms with Crippen LogP contribution in [0.3, 0.4) is 0 Å². The van der Waals surface area contributed by atoms with Gasteiger partial charge in [-0.3, -0.25) is 4.79 Å². The molecule has 0 aromatic rings. The lowest BCUT2D eigenvalue weighted by Crippen LogP contribution is -2.20. The zero-order chi connectivity index (χ0) is 19.6. The SMILES string of the molecule is CCCCCCCCCCCCCCC(=O)CC(Cl)C1CCCCCCC1. The monoisotopic (exact) mass is 398 g/mol.